The van der Waals surface area contributed by atoms with Crippen LogP contribution < -0.4 is 11.1 Å². The summed E-state index contributed by atoms with van der Waals surface area (Å²) in [6, 6.07) is 4.61. The van der Waals surface area contributed by atoms with E-state index < -0.39 is 17.7 Å². The molecule has 7 heteroatoms. The lowest BCUT2D eigenvalue weighted by Crippen LogP contribution is -2.51. The zero-order valence-corrected chi connectivity index (χ0v) is 10.3. The first-order valence-electron chi connectivity index (χ1n) is 5.47. The summed E-state index contributed by atoms with van der Waals surface area (Å²) in [4.78, 5) is 11.1. The van der Waals surface area contributed by atoms with E-state index in [0.29, 0.717) is 0 Å². The number of alkyl halides is 3. The number of benzene rings is 1. The molecule has 0 bridgehead atoms. The minimum Gasteiger partial charge on any atom is -0.463 e. The van der Waals surface area contributed by atoms with Gasteiger partial charge in [-0.15, -0.1) is 0 Å². The molecule has 1 aromatic rings. The normalized spacial score (nSPS) is 12.2. The molecule has 1 aromatic carbocycles. The molecule has 0 saturated heterocycles. The molecule has 0 aliphatic carbocycles. The number of ether oxygens (including phenoxy) is 1. The zero-order chi connectivity index (χ0) is 14.5. The third-order valence-electron chi connectivity index (χ3n) is 2.07. The van der Waals surface area contributed by atoms with Crippen molar-refractivity contribution in [1.29, 1.82) is 0 Å². The smallest absolute Gasteiger partial charge is 0.416 e. The second-order valence-electron chi connectivity index (χ2n) is 3.63. The van der Waals surface area contributed by atoms with Crippen molar-refractivity contribution in [3.05, 3.63) is 41.7 Å². The van der Waals surface area contributed by atoms with Gasteiger partial charge >= 0.3 is 12.1 Å². The molecule has 0 radical (unpaired) electrons. The maximum atomic E-state index is 12.5. The molecular weight excluding hydrogens is 261 g/mol. The number of esters is 1. The molecule has 0 spiro atoms. The highest BCUT2D eigenvalue weighted by Crippen LogP contribution is 2.30. The van der Waals surface area contributed by atoms with E-state index in [0.717, 1.165) is 18.2 Å². The molecule has 4 nitrogen and oxygen atoms in total. The molecular formula is C12H14F3N2O2+. The van der Waals surface area contributed by atoms with Crippen molar-refractivity contribution >= 4 is 11.7 Å². The highest BCUT2D eigenvalue weighted by atomic mass is 19.4. The molecule has 0 aliphatic heterocycles. The lowest BCUT2D eigenvalue weighted by molar-refractivity contribution is -0.299. The Balaban J connectivity index is 2.80. The maximum Gasteiger partial charge on any atom is 0.416 e. The fraction of sp³-hybridized carbons (Fsp3) is 0.250. The van der Waals surface area contributed by atoms with E-state index in [2.05, 4.69) is 15.8 Å². The first-order valence-corrected chi connectivity index (χ1v) is 5.47. The van der Waals surface area contributed by atoms with Crippen LogP contribution >= 0.6 is 0 Å². The van der Waals surface area contributed by atoms with Gasteiger partial charge in [0.05, 0.1) is 12.2 Å². The second-order valence-corrected chi connectivity index (χ2v) is 3.63. The summed E-state index contributed by atoms with van der Waals surface area (Å²) in [6.07, 6.45) is -3.34. The molecule has 0 fully saturated rings. The van der Waals surface area contributed by atoms with Crippen LogP contribution in [0.2, 0.25) is 0 Å². The molecule has 0 unspecified atom stereocenters. The Kier molecular flexibility index (Phi) is 4.94. The maximum absolute atomic E-state index is 12.5. The second kappa shape index (κ2) is 6.24. The van der Waals surface area contributed by atoms with Crippen molar-refractivity contribution < 1.29 is 28.4 Å². The van der Waals surface area contributed by atoms with E-state index in [1.807, 2.05) is 0 Å². The number of carbonyl (C=O) groups excluding carboxylic acids is 1. The van der Waals surface area contributed by atoms with Gasteiger partial charge in [0.15, 0.2) is 0 Å². The van der Waals surface area contributed by atoms with Gasteiger partial charge in [-0.2, -0.15) is 13.2 Å². The largest absolute Gasteiger partial charge is 0.463 e. The predicted molar refractivity (Wildman–Crippen MR) is 62.7 cm³/mol. The van der Waals surface area contributed by atoms with Gasteiger partial charge in [-0.25, -0.2) is 4.79 Å². The number of quaternary nitrogens is 1. The van der Waals surface area contributed by atoms with Gasteiger partial charge in [0.1, 0.15) is 6.08 Å². The Hall–Kier alpha value is -2.02. The highest BCUT2D eigenvalue weighted by molar-refractivity contribution is 5.82. The van der Waals surface area contributed by atoms with Crippen LogP contribution in [0.4, 0.5) is 18.9 Å². The third kappa shape index (κ3) is 5.01. The minimum atomic E-state index is -4.41. The third-order valence-corrected chi connectivity index (χ3v) is 2.07. The minimum absolute atomic E-state index is 0.151. The predicted octanol–water partition coefficient (Wildman–Crippen LogP) is 1.76. The van der Waals surface area contributed by atoms with Gasteiger partial charge in [0.2, 0.25) is 5.82 Å². The van der Waals surface area contributed by atoms with E-state index in [-0.39, 0.29) is 18.1 Å². The summed E-state index contributed by atoms with van der Waals surface area (Å²) in [5, 5.41) is 2.59. The summed E-state index contributed by atoms with van der Waals surface area (Å²) in [5.41, 5.74) is 2.93. The van der Waals surface area contributed by atoms with Gasteiger partial charge in [-0.05, 0) is 25.1 Å². The van der Waals surface area contributed by atoms with Gasteiger partial charge in [-0.3, -0.25) is 0 Å². The Morgan fingerprint density at radius 1 is 1.47 bits per heavy atom. The van der Waals surface area contributed by atoms with Crippen LogP contribution in [0.15, 0.2) is 36.2 Å². The standard InChI is InChI=1S/C12H13F3N2O2/c1-2-19-11(18)7-10(16)17-9-5-3-4-8(6-9)12(13,14)15/h3-7,17H,2,16H2,1H3/p+1. The highest BCUT2D eigenvalue weighted by Gasteiger charge is 2.30. The number of hydrogen-bond acceptors (Lipinski definition) is 3. The summed E-state index contributed by atoms with van der Waals surface area (Å²) in [6.45, 7) is 1.86. The Morgan fingerprint density at radius 2 is 2.16 bits per heavy atom. The summed E-state index contributed by atoms with van der Waals surface area (Å²) in [5.74, 6) is -0.454. The lowest BCUT2D eigenvalue weighted by Gasteiger charge is -2.09. The van der Waals surface area contributed by atoms with Gasteiger partial charge in [0.25, 0.3) is 0 Å². The fourth-order valence-corrected chi connectivity index (χ4v) is 1.32. The number of anilines is 1. The van der Waals surface area contributed by atoms with Crippen molar-refractivity contribution in [2.24, 2.45) is 0 Å². The van der Waals surface area contributed by atoms with Crippen molar-refractivity contribution in [3.8, 4) is 0 Å². The Bertz CT molecular complexity index is 484. The van der Waals surface area contributed by atoms with Crippen LogP contribution in [0.25, 0.3) is 0 Å². The zero-order valence-electron chi connectivity index (χ0n) is 10.3. The molecule has 104 valence electrons. The SMILES string of the molecule is CCOC(=O)C=C([NH3+])Nc1cccc(C(F)(F)F)c1. The number of nitrogens with one attached hydrogen (secondary N) is 1. The molecule has 1 rings (SSSR count). The number of carbonyl (C=O) groups is 1. The molecule has 0 aromatic heterocycles. The molecule has 0 saturated carbocycles. The average Bonchev–Trinajstić information content (AvgIpc) is 2.28. The first kappa shape index (κ1) is 15.0. The molecule has 4 N–H and O–H groups in total. The van der Waals surface area contributed by atoms with Gasteiger partial charge in [0, 0.05) is 5.69 Å². The monoisotopic (exact) mass is 275 g/mol. The van der Waals surface area contributed by atoms with Crippen LogP contribution in [-0.4, -0.2) is 12.6 Å². The number of rotatable bonds is 4. The van der Waals surface area contributed by atoms with E-state index >= 15 is 0 Å². The quantitative estimate of drug-likeness (QED) is 0.650. The van der Waals surface area contributed by atoms with E-state index in [1.54, 1.807) is 6.92 Å². The average molecular weight is 275 g/mol. The molecule has 0 aliphatic rings. The fourth-order valence-electron chi connectivity index (χ4n) is 1.32. The van der Waals surface area contributed by atoms with Crippen LogP contribution in [-0.2, 0) is 15.7 Å². The molecule has 0 heterocycles. The number of halogens is 3. The van der Waals surface area contributed by atoms with Crippen LogP contribution in [0.3, 0.4) is 0 Å². The van der Waals surface area contributed by atoms with Crippen molar-refractivity contribution in [2.45, 2.75) is 13.1 Å². The molecule has 0 amide bonds. The summed E-state index contributed by atoms with van der Waals surface area (Å²) >= 11 is 0. The van der Waals surface area contributed by atoms with Crippen LogP contribution in [0.5, 0.6) is 0 Å². The lowest BCUT2D eigenvalue weighted by atomic mass is 10.2. The van der Waals surface area contributed by atoms with Gasteiger partial charge < -0.3 is 15.8 Å². The van der Waals surface area contributed by atoms with Gasteiger partial charge in [-0.1, -0.05) is 6.07 Å². The first-order chi connectivity index (χ1) is 8.82. The Labute approximate surface area is 108 Å². The van der Waals surface area contributed by atoms with Crippen LogP contribution in [0, 0.1) is 0 Å². The number of hydrogen-bond donors (Lipinski definition) is 2. The summed E-state index contributed by atoms with van der Waals surface area (Å²) in [7, 11) is 0. The van der Waals surface area contributed by atoms with Crippen molar-refractivity contribution in [1.82, 2.24) is 0 Å². The van der Waals surface area contributed by atoms with E-state index in [1.165, 1.54) is 12.1 Å². The topological polar surface area (TPSA) is 66.0 Å². The van der Waals surface area contributed by atoms with Crippen molar-refractivity contribution in [3.63, 3.8) is 0 Å². The van der Waals surface area contributed by atoms with E-state index in [4.69, 9.17) is 0 Å². The Morgan fingerprint density at radius 3 is 2.74 bits per heavy atom. The van der Waals surface area contributed by atoms with Crippen molar-refractivity contribution in [2.75, 3.05) is 11.9 Å². The molecule has 19 heavy (non-hydrogen) atoms. The summed E-state index contributed by atoms with van der Waals surface area (Å²) < 4.78 is 42.1. The van der Waals surface area contributed by atoms with Crippen LogP contribution in [0.1, 0.15) is 12.5 Å². The van der Waals surface area contributed by atoms with E-state index in [9.17, 15) is 18.0 Å². The molecule has 0 atom stereocenters.